The molecular weight excluding hydrogens is 401 g/mol. The van der Waals surface area contributed by atoms with Crippen LogP contribution in [0.2, 0.25) is 32.2 Å². The molecule has 0 spiro atoms. The molecule has 2 atom stereocenters. The molecule has 26 heavy (non-hydrogen) atoms. The van der Waals surface area contributed by atoms with Crippen molar-refractivity contribution in [3.8, 4) is 0 Å². The van der Waals surface area contributed by atoms with Crippen molar-refractivity contribution in [3.63, 3.8) is 0 Å². The van der Waals surface area contributed by atoms with Gasteiger partial charge >= 0.3 is 14.5 Å². The Kier molecular flexibility index (Phi) is 8.63. The minimum absolute atomic E-state index is 0.336. The van der Waals surface area contributed by atoms with Crippen molar-refractivity contribution in [1.29, 1.82) is 0 Å². The molecule has 0 aliphatic carbocycles. The minimum Gasteiger partial charge on any atom is -0.463 e. The topological polar surface area (TPSA) is 63.2 Å². The zero-order valence-electron chi connectivity index (χ0n) is 15.8. The number of carbonyl (C=O) groups is 1. The van der Waals surface area contributed by atoms with E-state index >= 15 is 0 Å². The predicted octanol–water partition coefficient (Wildman–Crippen LogP) is 2.34. The fourth-order valence-electron chi connectivity index (χ4n) is 2.82. The maximum absolute atomic E-state index is 11.8. The van der Waals surface area contributed by atoms with Gasteiger partial charge in [-0.3, -0.25) is 0 Å². The summed E-state index contributed by atoms with van der Waals surface area (Å²) in [5, 5.41) is 0. The Morgan fingerprint density at radius 1 is 1.08 bits per heavy atom. The number of esters is 1. The first-order valence-electron chi connectivity index (χ1n) is 8.93. The van der Waals surface area contributed by atoms with Crippen LogP contribution in [0.15, 0.2) is 36.4 Å². The van der Waals surface area contributed by atoms with Gasteiger partial charge in [-0.25, -0.2) is 4.79 Å². The molecule has 0 bridgehead atoms. The zero-order valence-corrected chi connectivity index (χ0v) is 20.3. The van der Waals surface area contributed by atoms with Crippen LogP contribution in [-0.2, 0) is 26.0 Å². The summed E-state index contributed by atoms with van der Waals surface area (Å²) in [4.78, 5) is 11.8. The molecule has 6 nitrogen and oxygen atoms in total. The van der Waals surface area contributed by atoms with Gasteiger partial charge in [0.05, 0.1) is 6.61 Å². The van der Waals surface area contributed by atoms with E-state index in [0.29, 0.717) is 13.0 Å². The molecule has 0 amide bonds. The van der Waals surface area contributed by atoms with E-state index in [0.717, 1.165) is 11.6 Å². The molecule has 1 fully saturated rings. The van der Waals surface area contributed by atoms with Gasteiger partial charge in [0.1, 0.15) is 0 Å². The molecule has 0 saturated carbocycles. The Morgan fingerprint density at radius 3 is 2.31 bits per heavy atom. The second-order valence-corrected chi connectivity index (χ2v) is 16.6. The van der Waals surface area contributed by atoms with Gasteiger partial charge in [0, 0.05) is 6.08 Å². The van der Waals surface area contributed by atoms with Crippen LogP contribution in [0.3, 0.4) is 0 Å². The summed E-state index contributed by atoms with van der Waals surface area (Å²) in [5.74, 6) is -0.336. The standard InChI is InChI=1S/C16H28O6Si4/c1-23-19-24(2)21-26(4,22-25(3)20-23)14-8-13-18-16(17)12-11-15-9-6-5-7-10-15/h5-7,9-12,23-25H,8,13-14H2,1-4H3/b12-11+. The van der Waals surface area contributed by atoms with E-state index in [1.807, 2.05) is 50.0 Å². The molecule has 0 radical (unpaired) electrons. The normalized spacial score (nSPS) is 29.9. The molecule has 2 unspecified atom stereocenters. The number of hydrogen-bond acceptors (Lipinski definition) is 6. The maximum Gasteiger partial charge on any atom is 0.330 e. The summed E-state index contributed by atoms with van der Waals surface area (Å²) in [5.41, 5.74) is 0.969. The van der Waals surface area contributed by atoms with Gasteiger partial charge in [-0.1, -0.05) is 30.3 Å². The molecule has 1 aromatic carbocycles. The van der Waals surface area contributed by atoms with Crippen LogP contribution in [-0.4, -0.2) is 49.0 Å². The smallest absolute Gasteiger partial charge is 0.330 e. The number of hydrogen-bond donors (Lipinski definition) is 0. The SMILES string of the molecule is C[SiH]1O[SiH](C)O[Si](C)(CCCOC(=O)/C=C/c2ccccc2)O[SiH](C)O1. The zero-order chi connectivity index (χ0) is 19.0. The molecule has 2 rings (SSSR count). The van der Waals surface area contributed by atoms with E-state index in [1.165, 1.54) is 6.08 Å². The average Bonchev–Trinajstić information content (AvgIpc) is 2.56. The van der Waals surface area contributed by atoms with Crippen molar-refractivity contribution in [3.05, 3.63) is 42.0 Å². The molecule has 0 aromatic heterocycles. The van der Waals surface area contributed by atoms with Gasteiger partial charge in [-0.15, -0.1) is 0 Å². The second-order valence-electron chi connectivity index (χ2n) is 6.36. The lowest BCUT2D eigenvalue weighted by atomic mass is 10.2. The van der Waals surface area contributed by atoms with Crippen LogP contribution < -0.4 is 0 Å². The molecule has 1 saturated heterocycles. The largest absolute Gasteiger partial charge is 0.463 e. The van der Waals surface area contributed by atoms with Crippen molar-refractivity contribution >= 4 is 48.5 Å². The van der Waals surface area contributed by atoms with Gasteiger partial charge in [-0.05, 0) is 50.3 Å². The van der Waals surface area contributed by atoms with Gasteiger partial charge in [0.15, 0.2) is 0 Å². The third-order valence-corrected chi connectivity index (χ3v) is 17.9. The number of ether oxygens (including phenoxy) is 1. The van der Waals surface area contributed by atoms with Crippen molar-refractivity contribution in [2.75, 3.05) is 6.61 Å². The van der Waals surface area contributed by atoms with Gasteiger partial charge in [0.2, 0.25) is 0 Å². The molecule has 1 aliphatic rings. The molecular formula is C16H28O6Si4. The summed E-state index contributed by atoms with van der Waals surface area (Å²) in [6.45, 7) is 8.47. The Balaban J connectivity index is 1.75. The number of rotatable bonds is 6. The van der Waals surface area contributed by atoms with E-state index < -0.39 is 36.4 Å². The monoisotopic (exact) mass is 428 g/mol. The van der Waals surface area contributed by atoms with Crippen LogP contribution in [0.25, 0.3) is 6.08 Å². The van der Waals surface area contributed by atoms with Crippen LogP contribution >= 0.6 is 0 Å². The first kappa shape index (κ1) is 21.4. The first-order valence-corrected chi connectivity index (χ1v) is 17.7. The van der Waals surface area contributed by atoms with Crippen LogP contribution in [0.1, 0.15) is 12.0 Å². The summed E-state index contributed by atoms with van der Waals surface area (Å²) >= 11 is 0. The van der Waals surface area contributed by atoms with Crippen LogP contribution in [0.4, 0.5) is 0 Å². The quantitative estimate of drug-likeness (QED) is 0.300. The average molecular weight is 429 g/mol. The second kappa shape index (κ2) is 10.5. The highest BCUT2D eigenvalue weighted by atomic mass is 28.5. The highest BCUT2D eigenvalue weighted by Crippen LogP contribution is 2.21. The predicted molar refractivity (Wildman–Crippen MR) is 111 cm³/mol. The fraction of sp³-hybridized carbons (Fsp3) is 0.438. The summed E-state index contributed by atoms with van der Waals surface area (Å²) in [7, 11) is -7.37. The van der Waals surface area contributed by atoms with E-state index in [-0.39, 0.29) is 5.97 Å². The van der Waals surface area contributed by atoms with Gasteiger partial charge in [-0.2, -0.15) is 0 Å². The number of carbonyl (C=O) groups excluding carboxylic acids is 1. The van der Waals surface area contributed by atoms with Crippen molar-refractivity contribution < 1.29 is 26.0 Å². The van der Waals surface area contributed by atoms with Crippen molar-refractivity contribution in [2.24, 2.45) is 0 Å². The molecule has 144 valence electrons. The highest BCUT2D eigenvalue weighted by molar-refractivity contribution is 6.81. The third-order valence-electron chi connectivity index (χ3n) is 3.83. The molecule has 10 heteroatoms. The van der Waals surface area contributed by atoms with E-state index in [9.17, 15) is 4.79 Å². The molecule has 0 N–H and O–H groups in total. The van der Waals surface area contributed by atoms with Crippen molar-refractivity contribution in [1.82, 2.24) is 0 Å². The fourth-order valence-corrected chi connectivity index (χ4v) is 17.5. The number of benzene rings is 1. The molecule has 1 aromatic rings. The lowest BCUT2D eigenvalue weighted by Gasteiger charge is -2.37. The summed E-state index contributed by atoms with van der Waals surface area (Å²) in [6.07, 6.45) is 3.91. The van der Waals surface area contributed by atoms with E-state index in [1.54, 1.807) is 6.08 Å². The van der Waals surface area contributed by atoms with E-state index in [2.05, 4.69) is 6.55 Å². The van der Waals surface area contributed by atoms with Crippen LogP contribution in [0.5, 0.6) is 0 Å². The van der Waals surface area contributed by atoms with E-state index in [4.69, 9.17) is 21.2 Å². The Bertz CT molecular complexity index is 586. The van der Waals surface area contributed by atoms with Gasteiger partial charge < -0.3 is 21.2 Å². The third kappa shape index (κ3) is 7.80. The van der Waals surface area contributed by atoms with Crippen molar-refractivity contribution in [2.45, 2.75) is 38.7 Å². The molecule has 1 heterocycles. The lowest BCUT2D eigenvalue weighted by Crippen LogP contribution is -2.53. The summed E-state index contributed by atoms with van der Waals surface area (Å²) < 4.78 is 29.5. The Labute approximate surface area is 161 Å². The maximum atomic E-state index is 11.8. The van der Waals surface area contributed by atoms with Crippen LogP contribution in [0, 0.1) is 0 Å². The molecule has 1 aliphatic heterocycles. The summed E-state index contributed by atoms with van der Waals surface area (Å²) in [6, 6.07) is 10.4. The van der Waals surface area contributed by atoms with Gasteiger partial charge in [0.25, 0.3) is 27.9 Å². The Morgan fingerprint density at radius 2 is 1.69 bits per heavy atom. The first-order chi connectivity index (χ1) is 12.4. The Hall–Kier alpha value is -0.862. The minimum atomic E-state index is -2.33. The highest BCUT2D eigenvalue weighted by Gasteiger charge is 2.38. The lowest BCUT2D eigenvalue weighted by molar-refractivity contribution is -0.137.